The van der Waals surface area contributed by atoms with Gasteiger partial charge in [-0.05, 0) is 139 Å². The Kier molecular flexibility index (Phi) is 39.3. The van der Waals surface area contributed by atoms with Crippen LogP contribution in [0.1, 0.15) is 140 Å². The van der Waals surface area contributed by atoms with Crippen molar-refractivity contribution in [3.05, 3.63) is 89.3 Å². The van der Waals surface area contributed by atoms with Crippen molar-refractivity contribution in [2.45, 2.75) is 177 Å². The zero-order valence-electron chi connectivity index (χ0n) is 57.5. The average molecular weight is 1560 g/mol. The number of hydrogen-bond donors (Lipinski definition) is 7. The maximum Gasteiger partial charge on any atom is 0.498 e. The quantitative estimate of drug-likeness (QED) is 0.00942. The summed E-state index contributed by atoms with van der Waals surface area (Å²) in [6.45, 7) is 32.1. The highest BCUT2D eigenvalue weighted by molar-refractivity contribution is 9.10. The van der Waals surface area contributed by atoms with Crippen LogP contribution in [-0.2, 0) is 76.8 Å². The first kappa shape index (κ1) is 96.7. The Hall–Kier alpha value is -9.50. The molecule has 29 nitrogen and oxygen atoms in total. The molecule has 0 atom stereocenters. The van der Waals surface area contributed by atoms with Crippen LogP contribution in [0.4, 0.5) is 104 Å². The number of halogens is 16. The van der Waals surface area contributed by atoms with Gasteiger partial charge < -0.3 is 54.9 Å². The molecule has 0 unspecified atom stereocenters. The lowest BCUT2D eigenvalue weighted by Crippen LogP contribution is -2.41. The van der Waals surface area contributed by atoms with Gasteiger partial charge in [-0.1, -0.05) is 6.58 Å². The van der Waals surface area contributed by atoms with E-state index in [0.717, 1.165) is 37.5 Å². The number of guanidine groups is 1. The van der Waals surface area contributed by atoms with Crippen molar-refractivity contribution in [2.24, 2.45) is 11.5 Å². The first-order valence-electron chi connectivity index (χ1n) is 28.2. The van der Waals surface area contributed by atoms with Gasteiger partial charge in [-0.3, -0.25) is 30.9 Å². The number of carbonyl (C=O) groups excluding carboxylic acids is 6. The monoisotopic (exact) mass is 1560 g/mol. The van der Waals surface area contributed by atoms with Gasteiger partial charge in [-0.25, -0.2) is 59.0 Å². The third-order valence-corrected chi connectivity index (χ3v) is 10.3. The number of carbonyl (C=O) groups is 6. The summed E-state index contributed by atoms with van der Waals surface area (Å²) in [5.41, 5.74) is 4.93. The first-order valence-corrected chi connectivity index (χ1v) is 29.0. The van der Waals surface area contributed by atoms with E-state index in [2.05, 4.69) is 88.6 Å². The van der Waals surface area contributed by atoms with Crippen LogP contribution < -0.4 is 38.6 Å². The van der Waals surface area contributed by atoms with Crippen LogP contribution in [0.15, 0.2) is 66.6 Å². The number of nitrogen functional groups attached to an aromatic ring is 1. The molecule has 0 bridgehead atoms. The van der Waals surface area contributed by atoms with E-state index in [4.69, 9.17) is 39.4 Å². The van der Waals surface area contributed by atoms with Crippen molar-refractivity contribution in [3.63, 3.8) is 0 Å². The second-order valence-electron chi connectivity index (χ2n) is 22.7. The lowest BCUT2D eigenvalue weighted by Gasteiger charge is -2.32. The number of allylic oxidation sites excluding steroid dienone is 1. The summed E-state index contributed by atoms with van der Waals surface area (Å²) in [6.07, 6.45) is -18.4. The van der Waals surface area contributed by atoms with Gasteiger partial charge >= 0.3 is 68.2 Å². The van der Waals surface area contributed by atoms with Crippen LogP contribution in [-0.4, -0.2) is 136 Å². The van der Waals surface area contributed by atoms with Crippen LogP contribution in [0.3, 0.4) is 0 Å². The number of ether oxygens (including phenoxy) is 6. The summed E-state index contributed by atoms with van der Waals surface area (Å²) >= 11 is 2.69. The molecule has 0 radical (unpaired) electrons. The number of rotatable bonds is 9. The summed E-state index contributed by atoms with van der Waals surface area (Å²) in [6, 6.07) is 1.47. The smallest absolute Gasteiger partial charge is 0.498 e. The highest BCUT2D eigenvalue weighted by atomic mass is 79.9. The molecular weight excluding hydrogens is 1480 g/mol. The van der Waals surface area contributed by atoms with Gasteiger partial charge in [0.05, 0.1) is 41.4 Å². The van der Waals surface area contributed by atoms with Gasteiger partial charge in [-0.2, -0.15) is 65.9 Å². The van der Waals surface area contributed by atoms with Crippen LogP contribution in [0.5, 0.6) is 0 Å². The third kappa shape index (κ3) is 44.6. The summed E-state index contributed by atoms with van der Waals surface area (Å²) in [5, 5.41) is 12.2. The molecule has 4 aromatic rings. The van der Waals surface area contributed by atoms with E-state index in [1.54, 1.807) is 90.0 Å². The Balaban J connectivity index is -0.00000117. The molecule has 4 aromatic heterocycles. The van der Waals surface area contributed by atoms with Crippen LogP contribution in [0.2, 0.25) is 0 Å². The number of amides is 3. The normalized spacial score (nSPS) is 13.1. The van der Waals surface area contributed by atoms with E-state index < -0.39 is 137 Å². The van der Waals surface area contributed by atoms with E-state index >= 15 is 0 Å². The molecule has 5 heterocycles. The van der Waals surface area contributed by atoms with Crippen molar-refractivity contribution < 1.29 is 132 Å². The SMILES string of the molecule is C=COCC.CC(=O)OC(=O)C(F)(F)F.CC(C)(C)OC(=O)Nc1ncc(B2OC(C)(C)C(C)(C)O2)c(C(F)(F)F)n1.CC(C)(C)OC(=O)Nc1ncc(Br)c(C(F)(F)F)n1.CC(C)(C)OC(=O)Nc1nccc(C(F)(F)F)n1.CCO/C=C/C(C)=O.N=C(N)N.Nc1nccc(C(F)(F)F)n1. The fourth-order valence-electron chi connectivity index (χ4n) is 5.29. The van der Waals surface area contributed by atoms with E-state index in [1.165, 1.54) is 25.5 Å². The molecule has 0 aliphatic carbocycles. The summed E-state index contributed by atoms with van der Waals surface area (Å²) in [7, 11) is -1.29. The lowest BCUT2D eigenvalue weighted by molar-refractivity contribution is -0.201. The van der Waals surface area contributed by atoms with Crippen molar-refractivity contribution in [1.29, 1.82) is 5.41 Å². The number of nitrogens with zero attached hydrogens (tertiary/aromatic N) is 8. The second-order valence-corrected chi connectivity index (χ2v) is 23.6. The molecule has 1 fully saturated rings. The molecule has 0 aromatic carbocycles. The van der Waals surface area contributed by atoms with Gasteiger partial charge in [-0.15, -0.1) is 0 Å². The molecule has 574 valence electrons. The summed E-state index contributed by atoms with van der Waals surface area (Å²) < 4.78 is 223. The molecule has 0 saturated carbocycles. The maximum absolute atomic E-state index is 13.5. The predicted molar refractivity (Wildman–Crippen MR) is 338 cm³/mol. The minimum Gasteiger partial charge on any atom is -0.502 e. The molecule has 5 rings (SSSR count). The minimum atomic E-state index is -5.09. The van der Waals surface area contributed by atoms with Gasteiger partial charge in [0.2, 0.25) is 23.8 Å². The molecule has 0 spiro atoms. The Labute approximate surface area is 582 Å². The van der Waals surface area contributed by atoms with Crippen molar-refractivity contribution in [2.75, 3.05) is 34.9 Å². The highest BCUT2D eigenvalue weighted by Gasteiger charge is 2.54. The number of nitrogens with two attached hydrogens (primary N) is 3. The fourth-order valence-corrected chi connectivity index (χ4v) is 5.70. The highest BCUT2D eigenvalue weighted by Crippen LogP contribution is 2.38. The molecule has 46 heteroatoms. The standard InChI is InChI=1S/C16H23BF3N3O4.C10H11BrF3N3O2.C10H12F3N3O2.C6H10O2.C5H4F3N3.C4H3F3O3.C4H8O.CH5N3/c1-13(2,3)25-12(24)23-11-21-8-9(10(22-11)16(18,19)20)17-26-14(4,5)15(6,7)27-17;1-9(2,3)19-8(18)17-7-15-4-5(11)6(16-7)10(12,13)14;1-9(2,3)18-8(17)16-7-14-5-4-6(15-7)10(11,12)13;1-3-8-5-4-6(2)7;6-5(7,8)3-1-2-10-4(9)11-3;1-2(8)10-3(9)4(5,6)7;1-3-5-4-2;2-1(3)4/h8H,1-7H3,(H,21,22,23,24);4H,1-3H3,(H,15,16,17,18);4-5H,1-3H3,(H,14,15,16,17);4-5H,3H2,1-2H3;1-2H,(H2,9,10,11);1H3;3H,1,4H2,2H3;(H5,2,3,4)/b;;;5-4+;;;;. The molecule has 1 saturated heterocycles. The lowest BCUT2D eigenvalue weighted by atomic mass is 9.78. The molecule has 1 aliphatic rings. The van der Waals surface area contributed by atoms with E-state index in [9.17, 15) is 94.6 Å². The predicted octanol–water partition coefficient (Wildman–Crippen LogP) is 12.4. The fraction of sp³-hybridized carbons (Fsp3) is 0.518. The van der Waals surface area contributed by atoms with Crippen molar-refractivity contribution >= 4 is 94.3 Å². The Morgan fingerprint density at radius 1 is 0.588 bits per heavy atom. The minimum absolute atomic E-state index is 0.0125. The number of ketones is 1. The van der Waals surface area contributed by atoms with Gasteiger partial charge in [0.25, 0.3) is 0 Å². The summed E-state index contributed by atoms with van der Waals surface area (Å²) in [5.74, 6) is -5.93. The number of aromatic nitrogens is 8. The van der Waals surface area contributed by atoms with E-state index in [-0.39, 0.29) is 27.6 Å². The Morgan fingerprint density at radius 3 is 1.25 bits per heavy atom. The maximum atomic E-state index is 13.5. The van der Waals surface area contributed by atoms with Crippen molar-refractivity contribution in [1.82, 2.24) is 39.9 Å². The zero-order chi connectivity index (χ0) is 80.6. The number of hydrogen-bond acceptors (Lipinski definition) is 24. The molecule has 1 aliphatic heterocycles. The number of esters is 2. The zero-order valence-corrected chi connectivity index (χ0v) is 59.1. The molecule has 10 N–H and O–H groups in total. The number of nitrogens with one attached hydrogen (secondary N) is 4. The third-order valence-electron chi connectivity index (χ3n) is 9.67. The number of anilines is 4. The number of alkyl halides is 15. The van der Waals surface area contributed by atoms with Crippen LogP contribution >= 0.6 is 15.9 Å². The van der Waals surface area contributed by atoms with E-state index in [1.807, 2.05) is 24.5 Å². The summed E-state index contributed by atoms with van der Waals surface area (Å²) in [4.78, 5) is 91.0. The topological polar surface area (TPSA) is 417 Å². The largest absolute Gasteiger partial charge is 0.502 e. The van der Waals surface area contributed by atoms with Gasteiger partial charge in [0, 0.05) is 43.2 Å². The van der Waals surface area contributed by atoms with Crippen LogP contribution in [0.25, 0.3) is 0 Å². The second kappa shape index (κ2) is 41.4. The first-order chi connectivity index (χ1) is 45.8. The Morgan fingerprint density at radius 2 is 0.951 bits per heavy atom. The van der Waals surface area contributed by atoms with Gasteiger partial charge in [0.15, 0.2) is 17.4 Å². The molecule has 102 heavy (non-hydrogen) atoms. The molecular formula is C56H76BBrF15N15O14. The van der Waals surface area contributed by atoms with E-state index in [0.29, 0.717) is 19.6 Å². The Bertz CT molecular complexity index is 3380. The molecule has 3 amide bonds. The van der Waals surface area contributed by atoms with Gasteiger partial charge in [0.1, 0.15) is 33.9 Å². The average Bonchev–Trinajstić information content (AvgIpc) is 1.60. The van der Waals surface area contributed by atoms with Crippen molar-refractivity contribution in [3.8, 4) is 0 Å². The van der Waals surface area contributed by atoms with Crippen LogP contribution in [0, 0.1) is 5.41 Å².